The van der Waals surface area contributed by atoms with E-state index >= 15 is 0 Å². The summed E-state index contributed by atoms with van der Waals surface area (Å²) in [4.78, 5) is 12.4. The van der Waals surface area contributed by atoms with Gasteiger partial charge < -0.3 is 5.32 Å². The second kappa shape index (κ2) is 15.0. The monoisotopic (exact) mass is 409 g/mol. The maximum Gasteiger partial charge on any atom is 0.220 e. The molecule has 0 spiro atoms. The van der Waals surface area contributed by atoms with Crippen LogP contribution < -0.4 is 5.32 Å². The normalized spacial score (nSPS) is 12.2. The van der Waals surface area contributed by atoms with E-state index in [4.69, 9.17) is 0 Å². The first-order valence-electron chi connectivity index (χ1n) is 12.5. The number of carbonyl (C=O) groups excluding carboxylic acids is 1. The Kier molecular flexibility index (Phi) is 12.3. The Hall–Kier alpha value is -1.83. The van der Waals surface area contributed by atoms with Gasteiger partial charge in [-0.1, -0.05) is 126 Å². The summed E-state index contributed by atoms with van der Waals surface area (Å²) in [6.45, 7) is 4.36. The molecule has 2 aromatic rings. The molecule has 2 heteroatoms. The van der Waals surface area contributed by atoms with Gasteiger partial charge in [0, 0.05) is 6.42 Å². The van der Waals surface area contributed by atoms with Gasteiger partial charge in [-0.05, 0) is 29.7 Å². The van der Waals surface area contributed by atoms with Gasteiger partial charge in [-0.2, -0.15) is 0 Å². The third-order valence-corrected chi connectivity index (χ3v) is 6.17. The van der Waals surface area contributed by atoms with Crippen LogP contribution in [0.4, 0.5) is 0 Å². The van der Waals surface area contributed by atoms with Crippen molar-refractivity contribution in [2.45, 2.75) is 110 Å². The Morgan fingerprint density at radius 3 is 1.90 bits per heavy atom. The lowest BCUT2D eigenvalue weighted by molar-refractivity contribution is -0.121. The quantitative estimate of drug-likeness (QED) is 0.277. The van der Waals surface area contributed by atoms with E-state index in [0.29, 0.717) is 6.42 Å². The zero-order valence-electron chi connectivity index (χ0n) is 19.4. The van der Waals surface area contributed by atoms with E-state index < -0.39 is 0 Å². The summed E-state index contributed by atoms with van der Waals surface area (Å²) in [7, 11) is 0. The van der Waals surface area contributed by atoms with Crippen molar-refractivity contribution >= 4 is 16.7 Å². The lowest BCUT2D eigenvalue weighted by atomic mass is 9.99. The Bertz CT molecular complexity index is 718. The standard InChI is InChI=1S/C28H43NO/c1-3-4-5-6-7-8-9-10-11-12-13-14-15-23-28(30)29-24(2)26-22-18-20-25-19-16-17-21-27(25)26/h16-22,24H,3-15,23H2,1-2H3,(H,29,30). The van der Waals surface area contributed by atoms with Gasteiger partial charge in [-0.25, -0.2) is 0 Å². The van der Waals surface area contributed by atoms with E-state index in [0.717, 1.165) is 6.42 Å². The average Bonchev–Trinajstić information content (AvgIpc) is 2.76. The van der Waals surface area contributed by atoms with Crippen molar-refractivity contribution in [1.29, 1.82) is 0 Å². The summed E-state index contributed by atoms with van der Waals surface area (Å²) in [5.74, 6) is 0.179. The fourth-order valence-corrected chi connectivity index (χ4v) is 4.32. The molecule has 30 heavy (non-hydrogen) atoms. The molecule has 0 aliphatic carbocycles. The van der Waals surface area contributed by atoms with Crippen LogP contribution in [0.15, 0.2) is 42.5 Å². The maximum atomic E-state index is 12.4. The summed E-state index contributed by atoms with van der Waals surface area (Å²) in [5.41, 5.74) is 1.20. The number of amides is 1. The molecular formula is C28H43NO. The summed E-state index contributed by atoms with van der Waals surface area (Å²) >= 11 is 0. The van der Waals surface area contributed by atoms with Gasteiger partial charge in [-0.3, -0.25) is 4.79 Å². The summed E-state index contributed by atoms with van der Waals surface area (Å²) in [6.07, 6.45) is 18.0. The van der Waals surface area contributed by atoms with E-state index in [1.165, 1.54) is 93.4 Å². The number of benzene rings is 2. The topological polar surface area (TPSA) is 29.1 Å². The zero-order chi connectivity index (χ0) is 21.4. The van der Waals surface area contributed by atoms with Crippen molar-refractivity contribution < 1.29 is 4.79 Å². The Labute approximate surface area is 184 Å². The maximum absolute atomic E-state index is 12.4. The molecule has 2 rings (SSSR count). The summed E-state index contributed by atoms with van der Waals surface area (Å²) < 4.78 is 0. The third-order valence-electron chi connectivity index (χ3n) is 6.17. The molecule has 2 aromatic carbocycles. The number of rotatable bonds is 16. The molecule has 0 aliphatic heterocycles. The van der Waals surface area contributed by atoms with Crippen LogP contribution >= 0.6 is 0 Å². The largest absolute Gasteiger partial charge is 0.350 e. The molecule has 0 saturated carbocycles. The van der Waals surface area contributed by atoms with Crippen molar-refractivity contribution in [3.05, 3.63) is 48.0 Å². The van der Waals surface area contributed by atoms with Gasteiger partial charge in [0.1, 0.15) is 0 Å². The highest BCUT2D eigenvalue weighted by Crippen LogP contribution is 2.24. The molecule has 0 bridgehead atoms. The van der Waals surface area contributed by atoms with E-state index in [-0.39, 0.29) is 11.9 Å². The van der Waals surface area contributed by atoms with Crippen LogP contribution in [0.25, 0.3) is 10.8 Å². The second-order valence-corrected chi connectivity index (χ2v) is 8.85. The molecular weight excluding hydrogens is 366 g/mol. The predicted octanol–water partition coefficient (Wildman–Crippen LogP) is 8.50. The molecule has 1 N–H and O–H groups in total. The second-order valence-electron chi connectivity index (χ2n) is 8.85. The first kappa shape index (κ1) is 24.4. The molecule has 1 unspecified atom stereocenters. The molecule has 0 heterocycles. The highest BCUT2D eigenvalue weighted by molar-refractivity contribution is 5.86. The molecule has 1 amide bonds. The molecule has 0 radical (unpaired) electrons. The lowest BCUT2D eigenvalue weighted by Gasteiger charge is -2.16. The molecule has 0 aromatic heterocycles. The van der Waals surface area contributed by atoms with Crippen molar-refractivity contribution in [2.24, 2.45) is 0 Å². The van der Waals surface area contributed by atoms with E-state index in [9.17, 15) is 4.79 Å². The lowest BCUT2D eigenvalue weighted by Crippen LogP contribution is -2.26. The van der Waals surface area contributed by atoms with Gasteiger partial charge in [0.05, 0.1) is 6.04 Å². The van der Waals surface area contributed by atoms with Crippen LogP contribution in [0, 0.1) is 0 Å². The molecule has 166 valence electrons. The average molecular weight is 410 g/mol. The van der Waals surface area contributed by atoms with E-state index in [2.05, 4.69) is 61.6 Å². The Morgan fingerprint density at radius 2 is 1.27 bits per heavy atom. The van der Waals surface area contributed by atoms with Crippen molar-refractivity contribution in [3.63, 3.8) is 0 Å². The number of fused-ring (bicyclic) bond motifs is 1. The molecule has 0 fully saturated rings. The molecule has 2 nitrogen and oxygen atoms in total. The van der Waals surface area contributed by atoms with Crippen LogP contribution in [0.5, 0.6) is 0 Å². The Morgan fingerprint density at radius 1 is 0.733 bits per heavy atom. The number of nitrogens with one attached hydrogen (secondary N) is 1. The van der Waals surface area contributed by atoms with Crippen LogP contribution in [-0.2, 0) is 4.79 Å². The van der Waals surface area contributed by atoms with Crippen LogP contribution in [0.2, 0.25) is 0 Å². The van der Waals surface area contributed by atoms with Crippen LogP contribution in [-0.4, -0.2) is 5.91 Å². The summed E-state index contributed by atoms with van der Waals surface area (Å²) in [6, 6.07) is 14.8. The number of hydrogen-bond donors (Lipinski definition) is 1. The van der Waals surface area contributed by atoms with Gasteiger partial charge >= 0.3 is 0 Å². The fraction of sp³-hybridized carbons (Fsp3) is 0.607. The van der Waals surface area contributed by atoms with Crippen LogP contribution in [0.1, 0.15) is 115 Å². The van der Waals surface area contributed by atoms with E-state index in [1.807, 2.05) is 0 Å². The van der Waals surface area contributed by atoms with Gasteiger partial charge in [-0.15, -0.1) is 0 Å². The minimum Gasteiger partial charge on any atom is -0.350 e. The highest BCUT2D eigenvalue weighted by atomic mass is 16.1. The SMILES string of the molecule is CCCCCCCCCCCCCCCC(=O)NC(C)c1cccc2ccccc12. The fourth-order valence-electron chi connectivity index (χ4n) is 4.32. The highest BCUT2D eigenvalue weighted by Gasteiger charge is 2.11. The number of unbranched alkanes of at least 4 members (excludes halogenated alkanes) is 12. The minimum atomic E-state index is 0.0468. The van der Waals surface area contributed by atoms with Crippen molar-refractivity contribution in [3.8, 4) is 0 Å². The first-order valence-corrected chi connectivity index (χ1v) is 12.5. The molecule has 1 atom stereocenters. The molecule has 0 saturated heterocycles. The number of hydrogen-bond acceptors (Lipinski definition) is 1. The van der Waals surface area contributed by atoms with Gasteiger partial charge in [0.15, 0.2) is 0 Å². The smallest absolute Gasteiger partial charge is 0.220 e. The summed E-state index contributed by atoms with van der Waals surface area (Å²) in [5, 5.41) is 5.65. The van der Waals surface area contributed by atoms with E-state index in [1.54, 1.807) is 0 Å². The van der Waals surface area contributed by atoms with Gasteiger partial charge in [0.25, 0.3) is 0 Å². The van der Waals surface area contributed by atoms with Crippen molar-refractivity contribution in [2.75, 3.05) is 0 Å². The Balaban J connectivity index is 1.50. The first-order chi connectivity index (χ1) is 14.7. The molecule has 0 aliphatic rings. The zero-order valence-corrected chi connectivity index (χ0v) is 19.4. The van der Waals surface area contributed by atoms with Gasteiger partial charge in [0.2, 0.25) is 5.91 Å². The number of carbonyl (C=O) groups is 1. The van der Waals surface area contributed by atoms with Crippen LogP contribution in [0.3, 0.4) is 0 Å². The predicted molar refractivity (Wildman–Crippen MR) is 131 cm³/mol. The minimum absolute atomic E-state index is 0.0468. The third kappa shape index (κ3) is 9.32. The van der Waals surface area contributed by atoms with Crippen molar-refractivity contribution in [1.82, 2.24) is 5.32 Å².